The molecule has 0 fully saturated rings. The van der Waals surface area contributed by atoms with E-state index in [0.29, 0.717) is 0 Å². The zero-order chi connectivity index (χ0) is 11.5. The van der Waals surface area contributed by atoms with E-state index in [0.717, 1.165) is 0 Å². The Bertz CT molecular complexity index is 647. The van der Waals surface area contributed by atoms with Gasteiger partial charge in [0.2, 0.25) is 0 Å². The van der Waals surface area contributed by atoms with Crippen LogP contribution in [0.2, 0.25) is 0 Å². The molecule has 0 saturated heterocycles. The molecule has 1 heterocycles. The van der Waals surface area contributed by atoms with E-state index >= 15 is 0 Å². The Morgan fingerprint density at radius 1 is 0.765 bits per heavy atom. The molecular weight excluding hydrogens is 206 g/mol. The van der Waals surface area contributed by atoms with Gasteiger partial charge in [0.05, 0.1) is 0 Å². The van der Waals surface area contributed by atoms with Gasteiger partial charge in [-0.05, 0) is 23.3 Å². The number of aromatic amines is 1. The number of aromatic nitrogens is 1. The van der Waals surface area contributed by atoms with E-state index in [9.17, 15) is 0 Å². The Kier molecular flexibility index (Phi) is 2.51. The van der Waals surface area contributed by atoms with Crippen LogP contribution in [0.1, 0.15) is 11.1 Å². The third kappa shape index (κ3) is 2.00. The Labute approximate surface area is 100 Å². The molecule has 2 aromatic carbocycles. The third-order valence-corrected chi connectivity index (χ3v) is 2.88. The van der Waals surface area contributed by atoms with E-state index in [1.54, 1.807) is 0 Å². The summed E-state index contributed by atoms with van der Waals surface area (Å²) in [5, 5.41) is 1.26. The first kappa shape index (κ1) is 9.91. The fraction of sp³-hybridized carbons (Fsp3) is 0. The second-order valence-corrected chi connectivity index (χ2v) is 4.03. The number of H-pyrrole nitrogens is 1. The molecule has 3 aromatic rings. The molecule has 1 N–H and O–H groups in total. The molecule has 0 saturated carbocycles. The fourth-order valence-electron chi connectivity index (χ4n) is 2.01. The van der Waals surface area contributed by atoms with Gasteiger partial charge in [0, 0.05) is 17.1 Å². The van der Waals surface area contributed by atoms with Gasteiger partial charge in [0.15, 0.2) is 0 Å². The predicted molar refractivity (Wildman–Crippen MR) is 73.7 cm³/mol. The summed E-state index contributed by atoms with van der Waals surface area (Å²) in [6, 6.07) is 18.8. The molecule has 0 bridgehead atoms. The van der Waals surface area contributed by atoms with Gasteiger partial charge in [-0.1, -0.05) is 54.6 Å². The summed E-state index contributed by atoms with van der Waals surface area (Å²) in [6.45, 7) is 0. The van der Waals surface area contributed by atoms with Crippen molar-refractivity contribution in [3.63, 3.8) is 0 Å². The lowest BCUT2D eigenvalue weighted by molar-refractivity contribution is 1.48. The highest BCUT2D eigenvalue weighted by molar-refractivity contribution is 5.91. The Balaban J connectivity index is 2.00. The molecule has 82 valence electrons. The van der Waals surface area contributed by atoms with Gasteiger partial charge in [-0.25, -0.2) is 0 Å². The molecule has 1 nitrogen and oxygen atoms in total. The average Bonchev–Trinajstić information content (AvgIpc) is 2.86. The average molecular weight is 219 g/mol. The number of fused-ring (bicyclic) bond motifs is 1. The van der Waals surface area contributed by atoms with Crippen molar-refractivity contribution in [2.24, 2.45) is 0 Å². The standard InChI is InChI=1S/C16H13N/c1-2-5-13(6-3-1)9-10-14-7-4-8-16-15(14)11-12-17-16/h1-12,17H/b10-9+. The molecule has 3 rings (SSSR count). The topological polar surface area (TPSA) is 15.8 Å². The largest absolute Gasteiger partial charge is 0.361 e. The third-order valence-electron chi connectivity index (χ3n) is 2.88. The summed E-state index contributed by atoms with van der Waals surface area (Å²) in [6.07, 6.45) is 6.28. The molecule has 0 atom stereocenters. The number of hydrogen-bond acceptors (Lipinski definition) is 0. The van der Waals surface area contributed by atoms with Crippen LogP contribution in [0.3, 0.4) is 0 Å². The molecule has 1 aromatic heterocycles. The van der Waals surface area contributed by atoms with Crippen LogP contribution in [0.4, 0.5) is 0 Å². The van der Waals surface area contributed by atoms with Gasteiger partial charge in [0.1, 0.15) is 0 Å². The summed E-state index contributed by atoms with van der Waals surface area (Å²) < 4.78 is 0. The normalized spacial score (nSPS) is 11.3. The molecule has 0 aliphatic heterocycles. The van der Waals surface area contributed by atoms with Crippen molar-refractivity contribution in [2.75, 3.05) is 0 Å². The molecule has 0 aliphatic rings. The maximum Gasteiger partial charge on any atom is 0.0459 e. The van der Waals surface area contributed by atoms with Gasteiger partial charge >= 0.3 is 0 Å². The van der Waals surface area contributed by atoms with E-state index in [2.05, 4.69) is 65.7 Å². The van der Waals surface area contributed by atoms with Crippen LogP contribution in [-0.4, -0.2) is 4.98 Å². The highest BCUT2D eigenvalue weighted by Crippen LogP contribution is 2.19. The minimum absolute atomic E-state index is 1.18. The van der Waals surface area contributed by atoms with Gasteiger partial charge in [-0.15, -0.1) is 0 Å². The van der Waals surface area contributed by atoms with Gasteiger partial charge < -0.3 is 4.98 Å². The second-order valence-electron chi connectivity index (χ2n) is 4.03. The number of hydrogen-bond donors (Lipinski definition) is 1. The highest BCUT2D eigenvalue weighted by atomic mass is 14.7. The van der Waals surface area contributed by atoms with Gasteiger partial charge in [-0.3, -0.25) is 0 Å². The van der Waals surface area contributed by atoms with Crippen molar-refractivity contribution >= 4 is 23.1 Å². The minimum atomic E-state index is 1.18. The molecule has 0 amide bonds. The number of nitrogens with one attached hydrogen (secondary N) is 1. The minimum Gasteiger partial charge on any atom is -0.361 e. The van der Waals surface area contributed by atoms with Crippen molar-refractivity contribution in [3.05, 3.63) is 71.9 Å². The molecule has 0 radical (unpaired) electrons. The fourth-order valence-corrected chi connectivity index (χ4v) is 2.01. The Morgan fingerprint density at radius 2 is 1.65 bits per heavy atom. The predicted octanol–water partition coefficient (Wildman–Crippen LogP) is 4.34. The van der Waals surface area contributed by atoms with Crippen molar-refractivity contribution in [1.82, 2.24) is 4.98 Å². The van der Waals surface area contributed by atoms with E-state index in [1.165, 1.54) is 22.0 Å². The second kappa shape index (κ2) is 4.30. The first-order chi connectivity index (χ1) is 8.43. The number of benzene rings is 2. The lowest BCUT2D eigenvalue weighted by Gasteiger charge is -1.97. The van der Waals surface area contributed by atoms with Gasteiger partial charge in [0.25, 0.3) is 0 Å². The quantitative estimate of drug-likeness (QED) is 0.617. The van der Waals surface area contributed by atoms with Crippen LogP contribution in [0, 0.1) is 0 Å². The maximum atomic E-state index is 3.22. The Morgan fingerprint density at radius 3 is 2.53 bits per heavy atom. The van der Waals surface area contributed by atoms with Crippen molar-refractivity contribution in [2.45, 2.75) is 0 Å². The van der Waals surface area contributed by atoms with E-state index < -0.39 is 0 Å². The zero-order valence-electron chi connectivity index (χ0n) is 9.43. The van der Waals surface area contributed by atoms with Crippen LogP contribution in [0.5, 0.6) is 0 Å². The maximum absolute atomic E-state index is 3.22. The summed E-state index contributed by atoms with van der Waals surface area (Å²) >= 11 is 0. The monoisotopic (exact) mass is 219 g/mol. The molecule has 0 aliphatic carbocycles. The van der Waals surface area contributed by atoms with E-state index in [1.807, 2.05) is 12.3 Å². The van der Waals surface area contributed by atoms with Crippen LogP contribution in [-0.2, 0) is 0 Å². The molecular formula is C16H13N. The van der Waals surface area contributed by atoms with Crippen molar-refractivity contribution in [1.29, 1.82) is 0 Å². The van der Waals surface area contributed by atoms with Crippen molar-refractivity contribution in [3.8, 4) is 0 Å². The lowest BCUT2D eigenvalue weighted by atomic mass is 10.1. The van der Waals surface area contributed by atoms with Gasteiger partial charge in [-0.2, -0.15) is 0 Å². The first-order valence-corrected chi connectivity index (χ1v) is 5.73. The molecule has 0 unspecified atom stereocenters. The van der Waals surface area contributed by atoms with Crippen LogP contribution in [0.15, 0.2) is 60.8 Å². The summed E-state index contributed by atoms with van der Waals surface area (Å²) in [7, 11) is 0. The first-order valence-electron chi connectivity index (χ1n) is 5.73. The molecule has 1 heteroatoms. The zero-order valence-corrected chi connectivity index (χ0v) is 9.43. The molecule has 17 heavy (non-hydrogen) atoms. The molecule has 0 spiro atoms. The van der Waals surface area contributed by atoms with E-state index in [-0.39, 0.29) is 0 Å². The summed E-state index contributed by atoms with van der Waals surface area (Å²) in [4.78, 5) is 3.22. The SMILES string of the molecule is C(=C\c1cccc2[nH]ccc12)/c1ccccc1. The van der Waals surface area contributed by atoms with E-state index in [4.69, 9.17) is 0 Å². The van der Waals surface area contributed by atoms with Crippen molar-refractivity contribution < 1.29 is 0 Å². The highest BCUT2D eigenvalue weighted by Gasteiger charge is 1.97. The van der Waals surface area contributed by atoms with Crippen LogP contribution < -0.4 is 0 Å². The summed E-state index contributed by atoms with van der Waals surface area (Å²) in [5.41, 5.74) is 3.65. The number of rotatable bonds is 2. The lowest BCUT2D eigenvalue weighted by Crippen LogP contribution is -1.74. The summed E-state index contributed by atoms with van der Waals surface area (Å²) in [5.74, 6) is 0. The van der Waals surface area contributed by atoms with Crippen LogP contribution >= 0.6 is 0 Å². The Hall–Kier alpha value is -2.28. The van der Waals surface area contributed by atoms with Crippen LogP contribution in [0.25, 0.3) is 23.1 Å². The smallest absolute Gasteiger partial charge is 0.0459 e.